The van der Waals surface area contributed by atoms with Crippen LogP contribution in [0.5, 0.6) is 0 Å². The molecule has 1 rings (SSSR count). The lowest BCUT2D eigenvalue weighted by atomic mass is 9.91. The Hall–Kier alpha value is -1.30. The summed E-state index contributed by atoms with van der Waals surface area (Å²) in [6.07, 6.45) is 1.47. The second kappa shape index (κ2) is 6.23. The number of nitrogens with one attached hydrogen (secondary N) is 1. The highest BCUT2D eigenvalue weighted by Gasteiger charge is 2.30. The first-order chi connectivity index (χ1) is 8.75. The molecule has 2 amide bonds. The molecule has 1 heterocycles. The largest absolute Gasteiger partial charge is 0.355 e. The number of hydrogen-bond donors (Lipinski definition) is 1. The van der Waals surface area contributed by atoms with Crippen molar-refractivity contribution in [1.82, 2.24) is 10.2 Å². The molecule has 19 heavy (non-hydrogen) atoms. The van der Waals surface area contributed by atoms with E-state index in [4.69, 9.17) is 0 Å². The third-order valence-corrected chi connectivity index (χ3v) is 3.61. The second-order valence-corrected chi connectivity index (χ2v) is 6.31. The summed E-state index contributed by atoms with van der Waals surface area (Å²) in [5.41, 5.74) is -0.490. The van der Waals surface area contributed by atoms with Crippen molar-refractivity contribution < 1.29 is 14.4 Å². The van der Waals surface area contributed by atoms with Gasteiger partial charge in [0.1, 0.15) is 6.54 Å². The Morgan fingerprint density at radius 3 is 2.58 bits per heavy atom. The summed E-state index contributed by atoms with van der Waals surface area (Å²) in [5.74, 6) is -0.120. The van der Waals surface area contributed by atoms with Crippen molar-refractivity contribution in [2.45, 2.75) is 27.7 Å². The van der Waals surface area contributed by atoms with E-state index in [2.05, 4.69) is 5.32 Å². The molecule has 1 N–H and O–H groups in total. The minimum Gasteiger partial charge on any atom is -0.355 e. The molecule has 0 unspecified atom stereocenters. The van der Waals surface area contributed by atoms with Gasteiger partial charge < -0.3 is 5.32 Å². The minimum absolute atomic E-state index is 0.0249. The predicted molar refractivity (Wildman–Crippen MR) is 75.4 cm³/mol. The van der Waals surface area contributed by atoms with Gasteiger partial charge in [-0.1, -0.05) is 32.5 Å². The van der Waals surface area contributed by atoms with Crippen LogP contribution >= 0.6 is 11.8 Å². The highest BCUT2D eigenvalue weighted by atomic mass is 32.2. The molecule has 0 bridgehead atoms. The molecule has 6 heteroatoms. The molecular weight excluding hydrogens is 264 g/mol. The fourth-order valence-electron chi connectivity index (χ4n) is 1.43. The van der Waals surface area contributed by atoms with E-state index in [1.165, 1.54) is 22.7 Å². The molecular formula is C13H20N2O3S. The van der Waals surface area contributed by atoms with E-state index >= 15 is 0 Å². The molecule has 0 spiro atoms. The van der Waals surface area contributed by atoms with Crippen LogP contribution in [0.4, 0.5) is 0 Å². The second-order valence-electron chi connectivity index (χ2n) is 5.32. The molecule has 0 aliphatic carbocycles. The van der Waals surface area contributed by atoms with Crippen molar-refractivity contribution in [2.75, 3.05) is 18.8 Å². The molecule has 0 radical (unpaired) electrons. The zero-order chi connectivity index (χ0) is 14.6. The molecule has 0 saturated carbocycles. The SMILES string of the molecule is CCNC(=O)CN1C(=O)CS/C1=C/C(=O)C(C)(C)C. The number of amides is 2. The van der Waals surface area contributed by atoms with Crippen molar-refractivity contribution in [3.8, 4) is 0 Å². The number of ketones is 1. The number of likely N-dealkylation sites (N-methyl/N-ethyl adjacent to an activating group) is 1. The molecule has 1 aliphatic heterocycles. The lowest BCUT2D eigenvalue weighted by Gasteiger charge is -2.18. The Morgan fingerprint density at radius 2 is 2.05 bits per heavy atom. The van der Waals surface area contributed by atoms with Crippen LogP contribution in [0.3, 0.4) is 0 Å². The van der Waals surface area contributed by atoms with Gasteiger partial charge in [0.05, 0.1) is 10.8 Å². The number of carbonyl (C=O) groups is 3. The van der Waals surface area contributed by atoms with Crippen molar-refractivity contribution in [3.05, 3.63) is 11.1 Å². The van der Waals surface area contributed by atoms with Crippen molar-refractivity contribution in [3.63, 3.8) is 0 Å². The lowest BCUT2D eigenvalue weighted by molar-refractivity contribution is -0.131. The van der Waals surface area contributed by atoms with E-state index in [0.717, 1.165) is 0 Å². The van der Waals surface area contributed by atoms with Crippen LogP contribution < -0.4 is 5.32 Å². The van der Waals surface area contributed by atoms with Gasteiger partial charge in [0.15, 0.2) is 5.78 Å². The first-order valence-corrected chi connectivity index (χ1v) is 7.20. The van der Waals surface area contributed by atoms with E-state index < -0.39 is 5.41 Å². The highest BCUT2D eigenvalue weighted by Crippen LogP contribution is 2.30. The van der Waals surface area contributed by atoms with E-state index in [1.54, 1.807) is 0 Å². The fourth-order valence-corrected chi connectivity index (χ4v) is 2.37. The maximum atomic E-state index is 12.0. The standard InChI is InChI=1S/C13H20N2O3S/c1-5-14-10(17)7-15-11(18)8-19-12(15)6-9(16)13(2,3)4/h6H,5,7-8H2,1-4H3,(H,14,17)/b12-6+. The van der Waals surface area contributed by atoms with Crippen LogP contribution in [-0.2, 0) is 14.4 Å². The monoisotopic (exact) mass is 284 g/mol. The zero-order valence-electron chi connectivity index (χ0n) is 11.8. The Kier molecular flexibility index (Phi) is 5.17. The minimum atomic E-state index is -0.490. The molecule has 106 valence electrons. The Morgan fingerprint density at radius 1 is 1.42 bits per heavy atom. The van der Waals surface area contributed by atoms with Crippen molar-refractivity contribution in [2.24, 2.45) is 5.41 Å². The topological polar surface area (TPSA) is 66.5 Å². The average molecular weight is 284 g/mol. The Labute approximate surface area is 117 Å². The van der Waals surface area contributed by atoms with Gasteiger partial charge in [-0.25, -0.2) is 0 Å². The maximum absolute atomic E-state index is 12.0. The van der Waals surface area contributed by atoms with Crippen molar-refractivity contribution in [1.29, 1.82) is 0 Å². The number of carbonyl (C=O) groups excluding carboxylic acids is 3. The number of nitrogens with zero attached hydrogens (tertiary/aromatic N) is 1. The number of allylic oxidation sites excluding steroid dienone is 1. The van der Waals surface area contributed by atoms with Gasteiger partial charge in [-0.05, 0) is 6.92 Å². The molecule has 0 aromatic heterocycles. The van der Waals surface area contributed by atoms with Gasteiger partial charge >= 0.3 is 0 Å². The van der Waals surface area contributed by atoms with Gasteiger partial charge in [-0.3, -0.25) is 19.3 Å². The fraction of sp³-hybridized carbons (Fsp3) is 0.615. The number of thioether (sulfide) groups is 1. The summed E-state index contributed by atoms with van der Waals surface area (Å²) in [7, 11) is 0. The van der Waals surface area contributed by atoms with Crippen LogP contribution in [0, 0.1) is 5.41 Å². The molecule has 0 aromatic carbocycles. The summed E-state index contributed by atoms with van der Waals surface area (Å²) in [4.78, 5) is 36.6. The summed E-state index contributed by atoms with van der Waals surface area (Å²) in [5, 5.41) is 3.21. The first kappa shape index (κ1) is 15.8. The highest BCUT2D eigenvalue weighted by molar-refractivity contribution is 8.04. The predicted octanol–water partition coefficient (Wildman–Crippen LogP) is 1.15. The van der Waals surface area contributed by atoms with E-state index in [9.17, 15) is 14.4 Å². The molecule has 1 saturated heterocycles. The number of hydrogen-bond acceptors (Lipinski definition) is 4. The van der Waals surface area contributed by atoms with Crippen LogP contribution in [0.25, 0.3) is 0 Å². The normalized spacial score (nSPS) is 18.0. The average Bonchev–Trinajstić information content (AvgIpc) is 2.60. The summed E-state index contributed by atoms with van der Waals surface area (Å²) in [6.45, 7) is 7.78. The van der Waals surface area contributed by atoms with Gasteiger partial charge in [0, 0.05) is 18.0 Å². The third kappa shape index (κ3) is 4.38. The van der Waals surface area contributed by atoms with Crippen LogP contribution in [0.1, 0.15) is 27.7 Å². The van der Waals surface area contributed by atoms with Gasteiger partial charge in [0.25, 0.3) is 0 Å². The van der Waals surface area contributed by atoms with E-state index in [0.29, 0.717) is 11.6 Å². The molecule has 5 nitrogen and oxygen atoms in total. The quantitative estimate of drug-likeness (QED) is 0.787. The molecule has 0 aromatic rings. The van der Waals surface area contributed by atoms with E-state index in [1.807, 2.05) is 27.7 Å². The van der Waals surface area contributed by atoms with Crippen LogP contribution in [0.2, 0.25) is 0 Å². The molecule has 0 atom stereocenters. The van der Waals surface area contributed by atoms with E-state index in [-0.39, 0.29) is 29.9 Å². The van der Waals surface area contributed by atoms with Crippen LogP contribution in [-0.4, -0.2) is 41.3 Å². The lowest BCUT2D eigenvalue weighted by Crippen LogP contribution is -2.37. The summed E-state index contributed by atoms with van der Waals surface area (Å²) in [6, 6.07) is 0. The maximum Gasteiger partial charge on any atom is 0.240 e. The first-order valence-electron chi connectivity index (χ1n) is 6.21. The van der Waals surface area contributed by atoms with Crippen LogP contribution in [0.15, 0.2) is 11.1 Å². The van der Waals surface area contributed by atoms with Gasteiger partial charge in [0.2, 0.25) is 11.8 Å². The Bertz CT molecular complexity index is 424. The number of rotatable bonds is 4. The molecule has 1 fully saturated rings. The third-order valence-electron chi connectivity index (χ3n) is 2.58. The summed E-state index contributed by atoms with van der Waals surface area (Å²) < 4.78 is 0. The Balaban J connectivity index is 2.83. The van der Waals surface area contributed by atoms with Crippen molar-refractivity contribution >= 4 is 29.4 Å². The summed E-state index contributed by atoms with van der Waals surface area (Å²) >= 11 is 1.30. The van der Waals surface area contributed by atoms with Gasteiger partial charge in [-0.15, -0.1) is 0 Å². The molecule has 1 aliphatic rings. The smallest absolute Gasteiger partial charge is 0.240 e. The van der Waals surface area contributed by atoms with Gasteiger partial charge in [-0.2, -0.15) is 0 Å². The zero-order valence-corrected chi connectivity index (χ0v) is 12.6.